The summed E-state index contributed by atoms with van der Waals surface area (Å²) in [7, 11) is 4.01. The molecule has 0 saturated heterocycles. The molecule has 154 valence electrons. The fraction of sp³-hybridized carbons (Fsp3) is 0.0800. The Balaban J connectivity index is 1.73. The van der Waals surface area contributed by atoms with Crippen molar-refractivity contribution in [3.05, 3.63) is 89.4 Å². The van der Waals surface area contributed by atoms with Gasteiger partial charge in [0.2, 0.25) is 5.95 Å². The standard InChI is InChI=1S/C25H21ClN4O/c1-30(2)21-11-3-17(4-12-21)16-27-25-28-23(18-5-9-20(26)10-6-18)15-24(29-25)19-7-13-22(31)14-8-19/h3-16,31H,1-2H3/b27-16+. The van der Waals surface area contributed by atoms with Gasteiger partial charge in [-0.2, -0.15) is 0 Å². The molecule has 1 heterocycles. The number of phenolic OH excluding ortho intramolecular Hbond substituents is 1. The number of phenols is 1. The fourth-order valence-corrected chi connectivity index (χ4v) is 3.16. The van der Waals surface area contributed by atoms with E-state index in [9.17, 15) is 5.11 Å². The summed E-state index contributed by atoms with van der Waals surface area (Å²) < 4.78 is 0. The smallest absolute Gasteiger partial charge is 0.250 e. The predicted octanol–water partition coefficient (Wildman–Crippen LogP) is 5.99. The van der Waals surface area contributed by atoms with Gasteiger partial charge < -0.3 is 10.0 Å². The van der Waals surface area contributed by atoms with Crippen molar-refractivity contribution in [2.75, 3.05) is 19.0 Å². The van der Waals surface area contributed by atoms with Gasteiger partial charge in [-0.25, -0.2) is 15.0 Å². The van der Waals surface area contributed by atoms with Crippen LogP contribution in [0.2, 0.25) is 5.02 Å². The first-order valence-electron chi connectivity index (χ1n) is 9.74. The summed E-state index contributed by atoms with van der Waals surface area (Å²) in [6.07, 6.45) is 1.75. The van der Waals surface area contributed by atoms with Crippen LogP contribution in [-0.4, -0.2) is 35.4 Å². The number of aliphatic imine (C=N–C) groups is 1. The third-order valence-electron chi connectivity index (χ3n) is 4.76. The first kappa shape index (κ1) is 20.6. The minimum Gasteiger partial charge on any atom is -0.508 e. The van der Waals surface area contributed by atoms with Gasteiger partial charge in [0.05, 0.1) is 11.4 Å². The molecule has 5 nitrogen and oxygen atoms in total. The second kappa shape index (κ2) is 8.98. The summed E-state index contributed by atoms with van der Waals surface area (Å²) in [5.74, 6) is 0.558. The number of nitrogens with zero attached hydrogens (tertiary/aromatic N) is 4. The maximum Gasteiger partial charge on any atom is 0.250 e. The zero-order chi connectivity index (χ0) is 21.8. The lowest BCUT2D eigenvalue weighted by atomic mass is 10.1. The zero-order valence-electron chi connectivity index (χ0n) is 17.2. The van der Waals surface area contributed by atoms with Crippen molar-refractivity contribution in [2.24, 2.45) is 4.99 Å². The molecule has 0 bridgehead atoms. The Morgan fingerprint density at radius 3 is 1.90 bits per heavy atom. The highest BCUT2D eigenvalue weighted by atomic mass is 35.5. The van der Waals surface area contributed by atoms with Crippen LogP contribution in [0.25, 0.3) is 22.5 Å². The Kier molecular flexibility index (Phi) is 5.96. The van der Waals surface area contributed by atoms with Crippen LogP contribution in [-0.2, 0) is 0 Å². The maximum atomic E-state index is 9.61. The van der Waals surface area contributed by atoms with Crippen molar-refractivity contribution in [1.29, 1.82) is 0 Å². The molecule has 0 amide bonds. The Hall–Kier alpha value is -3.70. The average Bonchev–Trinajstić information content (AvgIpc) is 2.79. The van der Waals surface area contributed by atoms with Crippen molar-refractivity contribution in [3.63, 3.8) is 0 Å². The molecule has 0 saturated carbocycles. The van der Waals surface area contributed by atoms with Gasteiger partial charge in [-0.3, -0.25) is 0 Å². The molecule has 3 aromatic carbocycles. The van der Waals surface area contributed by atoms with Crippen molar-refractivity contribution >= 4 is 29.5 Å². The SMILES string of the molecule is CN(C)c1ccc(/C=N/c2nc(-c3ccc(O)cc3)cc(-c3ccc(Cl)cc3)n2)cc1. The van der Waals surface area contributed by atoms with Crippen LogP contribution >= 0.6 is 11.6 Å². The van der Waals surface area contributed by atoms with Gasteiger partial charge in [0.15, 0.2) is 0 Å². The van der Waals surface area contributed by atoms with E-state index in [2.05, 4.69) is 15.0 Å². The van der Waals surface area contributed by atoms with Gasteiger partial charge in [-0.05, 0) is 60.2 Å². The Bertz CT molecular complexity index is 1140. The van der Waals surface area contributed by atoms with Crippen LogP contribution in [0.1, 0.15) is 5.56 Å². The van der Waals surface area contributed by atoms with E-state index < -0.39 is 0 Å². The lowest BCUT2D eigenvalue weighted by Gasteiger charge is -2.11. The number of anilines is 1. The summed E-state index contributed by atoms with van der Waals surface area (Å²) >= 11 is 6.04. The summed E-state index contributed by atoms with van der Waals surface area (Å²) in [4.78, 5) is 15.8. The van der Waals surface area contributed by atoms with E-state index in [0.717, 1.165) is 33.8 Å². The highest BCUT2D eigenvalue weighted by Gasteiger charge is 2.09. The second-order valence-electron chi connectivity index (χ2n) is 7.24. The summed E-state index contributed by atoms with van der Waals surface area (Å²) in [6, 6.07) is 24.4. The van der Waals surface area contributed by atoms with Gasteiger partial charge in [0.25, 0.3) is 0 Å². The van der Waals surface area contributed by atoms with E-state index in [1.54, 1.807) is 18.3 Å². The average molecular weight is 429 g/mol. The van der Waals surface area contributed by atoms with Crippen LogP contribution in [0.3, 0.4) is 0 Å². The minimum absolute atomic E-state index is 0.204. The summed E-state index contributed by atoms with van der Waals surface area (Å²) in [5, 5.41) is 10.3. The van der Waals surface area contributed by atoms with Gasteiger partial charge in [0.1, 0.15) is 5.75 Å². The molecule has 1 N–H and O–H groups in total. The van der Waals surface area contributed by atoms with Crippen molar-refractivity contribution < 1.29 is 5.11 Å². The van der Waals surface area contributed by atoms with Crippen molar-refractivity contribution in [3.8, 4) is 28.3 Å². The summed E-state index contributed by atoms with van der Waals surface area (Å²) in [6.45, 7) is 0. The molecule has 31 heavy (non-hydrogen) atoms. The Morgan fingerprint density at radius 1 is 0.806 bits per heavy atom. The normalized spacial score (nSPS) is 11.1. The monoisotopic (exact) mass is 428 g/mol. The first-order valence-corrected chi connectivity index (χ1v) is 10.1. The minimum atomic E-state index is 0.204. The molecule has 1 aromatic heterocycles. The summed E-state index contributed by atoms with van der Waals surface area (Å²) in [5.41, 5.74) is 5.31. The van der Waals surface area contributed by atoms with E-state index >= 15 is 0 Å². The number of aromatic nitrogens is 2. The molecule has 0 aliphatic carbocycles. The van der Waals surface area contributed by atoms with E-state index in [-0.39, 0.29) is 5.75 Å². The van der Waals surface area contributed by atoms with Gasteiger partial charge in [0, 0.05) is 42.1 Å². The molecule has 4 rings (SSSR count). The molecule has 0 fully saturated rings. The van der Waals surface area contributed by atoms with Gasteiger partial charge >= 0.3 is 0 Å². The lowest BCUT2D eigenvalue weighted by molar-refractivity contribution is 0.475. The molecule has 4 aromatic rings. The molecule has 0 atom stereocenters. The topological polar surface area (TPSA) is 61.6 Å². The largest absolute Gasteiger partial charge is 0.508 e. The van der Waals surface area contributed by atoms with Crippen molar-refractivity contribution in [2.45, 2.75) is 0 Å². The number of rotatable bonds is 5. The molecule has 0 spiro atoms. The molecule has 0 aliphatic rings. The zero-order valence-corrected chi connectivity index (χ0v) is 18.0. The fourth-order valence-electron chi connectivity index (χ4n) is 3.03. The van der Waals surface area contributed by atoms with Crippen LogP contribution < -0.4 is 4.90 Å². The Labute approximate surface area is 186 Å². The number of aromatic hydroxyl groups is 1. The van der Waals surface area contributed by atoms with E-state index in [4.69, 9.17) is 11.6 Å². The highest BCUT2D eigenvalue weighted by Crippen LogP contribution is 2.28. The lowest BCUT2D eigenvalue weighted by Crippen LogP contribution is -2.08. The van der Waals surface area contributed by atoms with E-state index in [1.165, 1.54) is 0 Å². The van der Waals surface area contributed by atoms with Crippen LogP contribution in [0, 0.1) is 0 Å². The number of halogens is 1. The molecule has 0 radical (unpaired) electrons. The van der Waals surface area contributed by atoms with Crippen LogP contribution in [0.15, 0.2) is 83.9 Å². The van der Waals surface area contributed by atoms with Crippen LogP contribution in [0.4, 0.5) is 11.6 Å². The molecular formula is C25H21ClN4O. The van der Waals surface area contributed by atoms with Crippen LogP contribution in [0.5, 0.6) is 5.75 Å². The second-order valence-corrected chi connectivity index (χ2v) is 7.67. The number of benzene rings is 3. The third kappa shape index (κ3) is 5.08. The predicted molar refractivity (Wildman–Crippen MR) is 128 cm³/mol. The van der Waals surface area contributed by atoms with Gasteiger partial charge in [-0.15, -0.1) is 0 Å². The Morgan fingerprint density at radius 2 is 1.35 bits per heavy atom. The highest BCUT2D eigenvalue weighted by molar-refractivity contribution is 6.30. The quantitative estimate of drug-likeness (QED) is 0.397. The number of hydrogen-bond acceptors (Lipinski definition) is 5. The first-order chi connectivity index (χ1) is 15.0. The molecule has 0 aliphatic heterocycles. The molecule has 6 heteroatoms. The molecule has 0 unspecified atom stereocenters. The van der Waals surface area contributed by atoms with E-state index in [0.29, 0.717) is 11.0 Å². The van der Waals surface area contributed by atoms with E-state index in [1.807, 2.05) is 85.7 Å². The van der Waals surface area contributed by atoms with Crippen molar-refractivity contribution in [1.82, 2.24) is 9.97 Å². The third-order valence-corrected chi connectivity index (χ3v) is 5.01. The maximum absolute atomic E-state index is 9.61. The van der Waals surface area contributed by atoms with Gasteiger partial charge in [-0.1, -0.05) is 35.9 Å². The number of hydrogen-bond donors (Lipinski definition) is 1. The molecular weight excluding hydrogens is 408 g/mol.